The minimum atomic E-state index is -1.90. The van der Waals surface area contributed by atoms with Crippen molar-refractivity contribution in [2.45, 2.75) is 4.90 Å². The van der Waals surface area contributed by atoms with E-state index in [-0.39, 0.29) is 0 Å². The molecule has 61 heavy (non-hydrogen) atoms. The van der Waals surface area contributed by atoms with Gasteiger partial charge in [-0.2, -0.15) is 0 Å². The van der Waals surface area contributed by atoms with Gasteiger partial charge in [0, 0.05) is 44.0 Å². The summed E-state index contributed by atoms with van der Waals surface area (Å²) in [4.78, 5) is 6.65. The first-order chi connectivity index (χ1) is 29.6. The van der Waals surface area contributed by atoms with Gasteiger partial charge in [0.15, 0.2) is 0 Å². The van der Waals surface area contributed by atoms with E-state index in [0.29, 0.717) is 0 Å². The lowest BCUT2D eigenvalue weighted by molar-refractivity contribution is 1.17. The first-order valence-electron chi connectivity index (χ1n) is 21.1. The highest BCUT2D eigenvalue weighted by Gasteiger charge is 2.22. The Kier molecular flexibility index (Phi) is 8.45. The van der Waals surface area contributed by atoms with Gasteiger partial charge in [-0.05, 0) is 125 Å². The maximum absolute atomic E-state index is 5.21. The van der Waals surface area contributed by atoms with Crippen molar-refractivity contribution in [2.75, 3.05) is 25.0 Å². The molecule has 296 valence electrons. The van der Waals surface area contributed by atoms with Crippen LogP contribution in [0.4, 0.5) is 0 Å². The summed E-state index contributed by atoms with van der Waals surface area (Å²) >= 11 is 0. The molecule has 0 atom stereocenters. The lowest BCUT2D eigenvalue weighted by Crippen LogP contribution is -2.10. The van der Waals surface area contributed by atoms with Crippen LogP contribution in [0.15, 0.2) is 211 Å². The number of fused-ring (bicyclic) bond motifs is 6. The number of hydrogen-bond acceptors (Lipinski definition) is 1. The van der Waals surface area contributed by atoms with Gasteiger partial charge in [0.25, 0.3) is 0 Å². The van der Waals surface area contributed by atoms with Gasteiger partial charge >= 0.3 is 0 Å². The highest BCUT2D eigenvalue weighted by Crippen LogP contribution is 2.63. The molecule has 0 bridgehead atoms. The second-order valence-electron chi connectivity index (χ2n) is 18.2. The van der Waals surface area contributed by atoms with Gasteiger partial charge in [0.05, 0.1) is 33.5 Å². The standard InChI is InChI=1S/C57H47N3S/c1-61(2,3,4)47-31-29-46(30-32-47)60-55-22-14-12-20-49(55)51-34-26-43(38-57(51)60)42-25-33-50-48-19-11-13-21-54(48)59(56(50)37-42)45-27-23-41(24-28-45)53-36-44(39-15-7-5-8-16-39)35-52(58-53)40-17-9-6-10-18-40/h5-38,61H,1-4H3. The Morgan fingerprint density at radius 3 is 1.20 bits per heavy atom. The summed E-state index contributed by atoms with van der Waals surface area (Å²) in [5.74, 6) is 0. The number of aromatic nitrogens is 3. The second-order valence-corrected chi connectivity index (χ2v) is 25.8. The maximum atomic E-state index is 5.21. The van der Waals surface area contributed by atoms with Crippen LogP contribution in [-0.4, -0.2) is 39.1 Å². The van der Waals surface area contributed by atoms with Crippen LogP contribution in [0.2, 0.25) is 0 Å². The number of hydrogen-bond donors (Lipinski definition) is 1. The van der Waals surface area contributed by atoms with E-state index < -0.39 is 9.16 Å². The quantitative estimate of drug-likeness (QED) is 0.159. The number of para-hydroxylation sites is 2. The van der Waals surface area contributed by atoms with Crippen molar-refractivity contribution in [2.24, 2.45) is 0 Å². The van der Waals surface area contributed by atoms with Crippen LogP contribution in [0.3, 0.4) is 0 Å². The van der Waals surface area contributed by atoms with E-state index in [2.05, 4.69) is 240 Å². The average molecular weight is 806 g/mol. The first-order valence-corrected chi connectivity index (χ1v) is 25.1. The molecule has 0 amide bonds. The molecule has 0 aliphatic rings. The third-order valence-corrected chi connectivity index (χ3v) is 14.6. The molecular formula is C57H47N3S. The van der Waals surface area contributed by atoms with E-state index in [1.54, 1.807) is 0 Å². The molecule has 0 saturated carbocycles. The Morgan fingerprint density at radius 1 is 0.311 bits per heavy atom. The van der Waals surface area contributed by atoms with Crippen LogP contribution >= 0.6 is 9.16 Å². The summed E-state index contributed by atoms with van der Waals surface area (Å²) in [5, 5.41) is 5.00. The first kappa shape index (κ1) is 36.9. The molecule has 0 aliphatic carbocycles. The van der Waals surface area contributed by atoms with Crippen LogP contribution in [-0.2, 0) is 0 Å². The van der Waals surface area contributed by atoms with Crippen molar-refractivity contribution in [1.82, 2.24) is 14.1 Å². The summed E-state index contributed by atoms with van der Waals surface area (Å²) in [6.07, 6.45) is 9.68. The van der Waals surface area contributed by atoms with E-state index in [4.69, 9.17) is 4.98 Å². The topological polar surface area (TPSA) is 22.8 Å². The van der Waals surface area contributed by atoms with Crippen molar-refractivity contribution in [3.8, 4) is 56.1 Å². The van der Waals surface area contributed by atoms with Crippen LogP contribution in [0.25, 0.3) is 99.8 Å². The molecular weight excluding hydrogens is 759 g/mol. The Labute approximate surface area is 357 Å². The summed E-state index contributed by atoms with van der Waals surface area (Å²) in [7, 11) is -1.90. The Morgan fingerprint density at radius 2 is 0.705 bits per heavy atom. The monoisotopic (exact) mass is 805 g/mol. The van der Waals surface area contributed by atoms with E-state index in [1.165, 1.54) is 70.9 Å². The fraction of sp³-hybridized carbons (Fsp3) is 0.0702. The molecule has 11 aromatic rings. The molecule has 0 aliphatic heterocycles. The van der Waals surface area contributed by atoms with Gasteiger partial charge in [0.2, 0.25) is 0 Å². The molecule has 0 fully saturated rings. The van der Waals surface area contributed by atoms with Crippen molar-refractivity contribution in [3.63, 3.8) is 0 Å². The summed E-state index contributed by atoms with van der Waals surface area (Å²) < 4.78 is 4.85. The lowest BCUT2D eigenvalue weighted by atomic mass is 10.00. The van der Waals surface area contributed by atoms with E-state index in [1.807, 2.05) is 0 Å². The molecule has 0 N–H and O–H groups in total. The number of benzene rings is 8. The van der Waals surface area contributed by atoms with Crippen molar-refractivity contribution < 1.29 is 0 Å². The highest BCUT2D eigenvalue weighted by atomic mass is 32.3. The van der Waals surface area contributed by atoms with Gasteiger partial charge in [-0.1, -0.05) is 133 Å². The molecule has 11 rings (SSSR count). The van der Waals surface area contributed by atoms with E-state index in [9.17, 15) is 0 Å². The predicted molar refractivity (Wildman–Crippen MR) is 266 cm³/mol. The average Bonchev–Trinajstić information content (AvgIpc) is 3.81. The summed E-state index contributed by atoms with van der Waals surface area (Å²) in [6.45, 7) is 0. The number of rotatable bonds is 7. The summed E-state index contributed by atoms with van der Waals surface area (Å²) in [6, 6.07) is 75.2. The van der Waals surface area contributed by atoms with Crippen molar-refractivity contribution in [3.05, 3.63) is 206 Å². The van der Waals surface area contributed by atoms with Crippen LogP contribution in [0, 0.1) is 0 Å². The molecule has 8 aromatic carbocycles. The Bertz CT molecular complexity index is 3370. The van der Waals surface area contributed by atoms with E-state index >= 15 is 0 Å². The lowest BCUT2D eigenvalue weighted by Gasteiger charge is -2.47. The Hall–Kier alpha value is -7.14. The third-order valence-electron chi connectivity index (χ3n) is 12.2. The third kappa shape index (κ3) is 6.52. The molecule has 0 saturated heterocycles. The second kappa shape index (κ2) is 14.0. The zero-order valence-electron chi connectivity index (χ0n) is 34.9. The SMILES string of the molecule is C[SH](C)(C)(C)c1ccc(-n2c3ccccc3c3ccc(-c4ccc5c6ccccc6n(-c6ccc(-c7cc(-c8ccccc8)cc(-c8ccccc8)n7)cc6)c5c4)cc32)cc1. The molecule has 0 radical (unpaired) electrons. The van der Waals surface area contributed by atoms with Crippen molar-refractivity contribution in [1.29, 1.82) is 0 Å². The fourth-order valence-electron chi connectivity index (χ4n) is 9.07. The van der Waals surface area contributed by atoms with Gasteiger partial charge < -0.3 is 9.13 Å². The van der Waals surface area contributed by atoms with Crippen molar-refractivity contribution >= 4 is 52.8 Å². The maximum Gasteiger partial charge on any atom is 0.0715 e. The molecule has 3 nitrogen and oxygen atoms in total. The molecule has 0 spiro atoms. The van der Waals surface area contributed by atoms with Gasteiger partial charge in [-0.25, -0.2) is 4.98 Å². The summed E-state index contributed by atoms with van der Waals surface area (Å²) in [5.41, 5.74) is 15.9. The van der Waals surface area contributed by atoms with Gasteiger partial charge in [-0.3, -0.25) is 9.16 Å². The molecule has 3 aromatic heterocycles. The Balaban J connectivity index is 1.03. The van der Waals surface area contributed by atoms with Gasteiger partial charge in [0.1, 0.15) is 0 Å². The minimum Gasteiger partial charge on any atom is -0.309 e. The minimum absolute atomic E-state index is 0.949. The zero-order valence-corrected chi connectivity index (χ0v) is 35.8. The highest BCUT2D eigenvalue weighted by molar-refractivity contribution is 8.47. The zero-order chi connectivity index (χ0) is 41.3. The fourth-order valence-corrected chi connectivity index (χ4v) is 10.4. The molecule has 3 heterocycles. The number of nitrogens with zero attached hydrogens (tertiary/aromatic N) is 3. The molecule has 4 heteroatoms. The normalized spacial score (nSPS) is 12.6. The molecule has 0 unspecified atom stereocenters. The number of thiol groups is 1. The van der Waals surface area contributed by atoms with Crippen LogP contribution in [0.1, 0.15) is 0 Å². The van der Waals surface area contributed by atoms with Gasteiger partial charge in [-0.15, -0.1) is 0 Å². The van der Waals surface area contributed by atoms with Crippen LogP contribution in [0.5, 0.6) is 0 Å². The smallest absolute Gasteiger partial charge is 0.0715 e. The number of pyridine rings is 1. The van der Waals surface area contributed by atoms with Crippen LogP contribution < -0.4 is 0 Å². The van der Waals surface area contributed by atoms with E-state index in [0.717, 1.165) is 33.8 Å². The largest absolute Gasteiger partial charge is 0.309 e. The predicted octanol–water partition coefficient (Wildman–Crippen LogP) is 14.9.